The third-order valence-electron chi connectivity index (χ3n) is 8.36. The van der Waals surface area contributed by atoms with Gasteiger partial charge in [0.1, 0.15) is 8.07 Å². The van der Waals surface area contributed by atoms with Gasteiger partial charge in [0, 0.05) is 31.0 Å². The molecule has 3 saturated heterocycles. The van der Waals surface area contributed by atoms with Crippen molar-refractivity contribution in [3.05, 3.63) is 93.3 Å². The first-order valence-electron chi connectivity index (χ1n) is 14.0. The largest absolute Gasteiger partial charge is 0.368 e. The summed E-state index contributed by atoms with van der Waals surface area (Å²) in [6.07, 6.45) is 1.91. The molecule has 3 fully saturated rings. The van der Waals surface area contributed by atoms with E-state index in [4.69, 9.17) is 18.5 Å². The molecule has 212 valence electrons. The summed E-state index contributed by atoms with van der Waals surface area (Å²) < 4.78 is 29.0. The lowest BCUT2D eigenvalue weighted by molar-refractivity contribution is -0.334. The van der Waals surface area contributed by atoms with Gasteiger partial charge in [-0.2, -0.15) is 0 Å². The summed E-state index contributed by atoms with van der Waals surface area (Å²) in [5.41, 5.74) is -0.507. The zero-order chi connectivity index (χ0) is 27.9. The minimum absolute atomic E-state index is 0.0524. The third-order valence-corrected chi connectivity index (χ3v) is 14.6. The van der Waals surface area contributed by atoms with Crippen molar-refractivity contribution in [1.82, 2.24) is 14.2 Å². The number of nitrogens with zero attached hydrogens (tertiary/aromatic N) is 2. The first-order valence-corrected chi connectivity index (χ1v) is 17.8. The van der Waals surface area contributed by atoms with Crippen LogP contribution < -0.4 is 21.6 Å². The second-order valence-corrected chi connectivity index (χ2v) is 16.6. The molecule has 1 aromatic heterocycles. The van der Waals surface area contributed by atoms with E-state index in [-0.39, 0.29) is 6.10 Å². The average Bonchev–Trinajstić information content (AvgIpc) is 3.57. The molecular weight excluding hydrogens is 545 g/mol. The van der Waals surface area contributed by atoms with Gasteiger partial charge in [-0.15, -0.1) is 0 Å². The highest BCUT2D eigenvalue weighted by Crippen LogP contribution is 2.59. The van der Waals surface area contributed by atoms with Crippen LogP contribution in [0.2, 0.25) is 12.6 Å². The number of aromatic amines is 1. The smallest absolute Gasteiger partial charge is 0.330 e. The molecule has 0 radical (unpaired) electrons. The molecule has 9 nitrogen and oxygen atoms in total. The Hall–Kier alpha value is -2.43. The molecule has 6 atom stereocenters. The molecule has 1 N–H and O–H groups in total. The number of benzene rings is 2. The van der Waals surface area contributed by atoms with Crippen molar-refractivity contribution < 1.29 is 18.5 Å². The summed E-state index contributed by atoms with van der Waals surface area (Å²) in [6, 6.07) is 23.0. The highest BCUT2D eigenvalue weighted by atomic mass is 31.2. The monoisotopic (exact) mass is 581 g/mol. The number of aryl methyl sites for hydroxylation is 1. The molecule has 11 heteroatoms. The molecule has 1 unspecified atom stereocenters. The molecule has 3 aliphatic rings. The fraction of sp³-hybridized carbons (Fsp3) is 0.448. The molecule has 0 bridgehead atoms. The average molecular weight is 582 g/mol. The molecular formula is C29H36N3O6PSi. The number of aromatic nitrogens is 2. The van der Waals surface area contributed by atoms with Crippen LogP contribution in [0.1, 0.15) is 31.6 Å². The number of ether oxygens (including phenoxy) is 2. The van der Waals surface area contributed by atoms with E-state index in [1.807, 2.05) is 6.92 Å². The van der Waals surface area contributed by atoms with Crippen LogP contribution in [0.3, 0.4) is 0 Å². The van der Waals surface area contributed by atoms with Crippen LogP contribution in [-0.2, 0) is 18.5 Å². The predicted molar refractivity (Wildman–Crippen MR) is 157 cm³/mol. The van der Waals surface area contributed by atoms with Crippen LogP contribution in [0.5, 0.6) is 0 Å². The lowest BCUT2D eigenvalue weighted by atomic mass is 10.1. The van der Waals surface area contributed by atoms with Crippen LogP contribution >= 0.6 is 8.53 Å². The maximum Gasteiger partial charge on any atom is 0.330 e. The molecule has 2 aromatic carbocycles. The van der Waals surface area contributed by atoms with E-state index in [0.717, 1.165) is 25.4 Å². The van der Waals surface area contributed by atoms with Gasteiger partial charge >= 0.3 is 5.69 Å². The molecule has 0 aliphatic carbocycles. The Bertz CT molecular complexity index is 1400. The zero-order valence-corrected chi connectivity index (χ0v) is 25.0. The van der Waals surface area contributed by atoms with Gasteiger partial charge in [0.25, 0.3) is 14.1 Å². The van der Waals surface area contributed by atoms with E-state index in [1.54, 1.807) is 6.92 Å². The molecule has 6 rings (SSSR count). The quantitative estimate of drug-likeness (QED) is 0.307. The molecule has 0 amide bonds. The lowest BCUT2D eigenvalue weighted by Crippen LogP contribution is -2.58. The van der Waals surface area contributed by atoms with E-state index in [0.29, 0.717) is 18.2 Å². The van der Waals surface area contributed by atoms with Gasteiger partial charge < -0.3 is 14.0 Å². The van der Waals surface area contributed by atoms with Gasteiger partial charge in [0.2, 0.25) is 0 Å². The van der Waals surface area contributed by atoms with Crippen molar-refractivity contribution in [3.8, 4) is 0 Å². The molecule has 0 spiro atoms. The van der Waals surface area contributed by atoms with Gasteiger partial charge in [-0.3, -0.25) is 18.9 Å². The van der Waals surface area contributed by atoms with Crippen molar-refractivity contribution >= 4 is 27.0 Å². The fourth-order valence-electron chi connectivity index (χ4n) is 6.14. The van der Waals surface area contributed by atoms with E-state index >= 15 is 0 Å². The van der Waals surface area contributed by atoms with Crippen LogP contribution in [0.4, 0.5) is 0 Å². The van der Waals surface area contributed by atoms with E-state index in [1.165, 1.54) is 21.1 Å². The minimum Gasteiger partial charge on any atom is -0.368 e. The van der Waals surface area contributed by atoms with Gasteiger partial charge in [-0.05, 0) is 32.7 Å². The first-order chi connectivity index (χ1) is 19.4. The van der Waals surface area contributed by atoms with Crippen molar-refractivity contribution in [2.45, 2.75) is 70.0 Å². The summed E-state index contributed by atoms with van der Waals surface area (Å²) in [7, 11) is -3.46. The van der Waals surface area contributed by atoms with Crippen molar-refractivity contribution in [1.29, 1.82) is 0 Å². The summed E-state index contributed by atoms with van der Waals surface area (Å²) in [5, 5.41) is 2.80. The minimum atomic E-state index is -2.11. The molecule has 3 aliphatic heterocycles. The Morgan fingerprint density at radius 1 is 1.07 bits per heavy atom. The normalized spacial score (nSPS) is 28.4. The highest BCUT2D eigenvalue weighted by molar-refractivity contribution is 7.45. The Labute approximate surface area is 236 Å². The Morgan fingerprint density at radius 3 is 2.40 bits per heavy atom. The molecule has 4 heterocycles. The van der Waals surface area contributed by atoms with E-state index < -0.39 is 46.5 Å². The zero-order valence-electron chi connectivity index (χ0n) is 23.1. The van der Waals surface area contributed by atoms with Crippen molar-refractivity contribution in [2.75, 3.05) is 13.2 Å². The summed E-state index contributed by atoms with van der Waals surface area (Å²) >= 11 is 0. The number of fused-ring (bicyclic) bond motifs is 1. The topological polar surface area (TPSA) is 95.0 Å². The standard InChI is InChI=1S/C29H36N3O6PSi/c1-4-35-25-27(31-18-20(2)26(33)30-29(31)34)36-28(25)38-39-32-17-11-16-23(32)24(37-39)19-40(3,21-12-7-5-8-13-21)22-14-9-6-10-15-22/h5-10,12-15,18,23-25,27-28H,4,11,16-17,19H2,1-3H3,(H,30,33,34)/t23-,24+,25+,27+,28?,39+/m0/s1. The first kappa shape index (κ1) is 27.7. The van der Waals surface area contributed by atoms with Gasteiger partial charge in [-0.25, -0.2) is 9.46 Å². The Balaban J connectivity index is 1.21. The second kappa shape index (κ2) is 11.4. The highest BCUT2D eigenvalue weighted by Gasteiger charge is 2.54. The summed E-state index contributed by atoms with van der Waals surface area (Å²) in [6.45, 7) is 7.36. The number of hydrogen-bond donors (Lipinski definition) is 1. The van der Waals surface area contributed by atoms with E-state index in [9.17, 15) is 9.59 Å². The number of H-pyrrole nitrogens is 1. The molecule has 40 heavy (non-hydrogen) atoms. The van der Waals surface area contributed by atoms with Gasteiger partial charge in [-0.1, -0.05) is 77.6 Å². The van der Waals surface area contributed by atoms with Crippen molar-refractivity contribution in [3.63, 3.8) is 0 Å². The van der Waals surface area contributed by atoms with Crippen molar-refractivity contribution in [2.24, 2.45) is 0 Å². The van der Waals surface area contributed by atoms with Crippen LogP contribution in [0, 0.1) is 6.92 Å². The maximum absolute atomic E-state index is 12.5. The van der Waals surface area contributed by atoms with E-state index in [2.05, 4.69) is 76.9 Å². The van der Waals surface area contributed by atoms with Gasteiger partial charge in [0.15, 0.2) is 18.6 Å². The predicted octanol–water partition coefficient (Wildman–Crippen LogP) is 3.10. The SMILES string of the molecule is CCO[C@H]1C(O[P@@]2O[C@H](C[Si](C)(c3ccccc3)c3ccccc3)[C@@H]3CCCN32)O[C@H]1n1cc(C)c(=O)[nH]c1=O. The third kappa shape index (κ3) is 5.07. The maximum atomic E-state index is 12.5. The fourth-order valence-corrected chi connectivity index (χ4v) is 12.0. The summed E-state index contributed by atoms with van der Waals surface area (Å²) in [5.74, 6) is 0. The molecule has 0 saturated carbocycles. The van der Waals surface area contributed by atoms with Crippen LogP contribution in [0.25, 0.3) is 0 Å². The summed E-state index contributed by atoms with van der Waals surface area (Å²) in [4.78, 5) is 26.7. The molecule has 3 aromatic rings. The van der Waals surface area contributed by atoms with Gasteiger partial charge in [0.05, 0.1) is 6.10 Å². The Morgan fingerprint density at radius 2 is 1.75 bits per heavy atom. The Kier molecular flexibility index (Phi) is 7.93. The van der Waals surface area contributed by atoms with Crippen LogP contribution in [-0.4, -0.2) is 60.0 Å². The number of rotatable bonds is 9. The van der Waals surface area contributed by atoms with Crippen LogP contribution in [0.15, 0.2) is 76.4 Å². The number of nitrogens with one attached hydrogen (secondary N) is 1. The number of hydrogen-bond acceptors (Lipinski definition) is 7. The lowest BCUT2D eigenvalue weighted by Gasteiger charge is -2.44. The second-order valence-electron chi connectivity index (χ2n) is 10.9.